The van der Waals surface area contributed by atoms with Crippen molar-refractivity contribution in [1.29, 1.82) is 0 Å². The average molecular weight is 1200 g/mol. The number of nitrogens with zero attached hydrogens (tertiary/aromatic N) is 1. The lowest BCUT2D eigenvalue weighted by atomic mass is 10.0. The van der Waals surface area contributed by atoms with Gasteiger partial charge < -0.3 is 18.9 Å². The van der Waals surface area contributed by atoms with E-state index in [0.29, 0.717) is 17.4 Å². The first-order valence-corrected chi connectivity index (χ1v) is 37.2. The second kappa shape index (κ2) is 64.9. The molecule has 0 fully saturated rings. The molecule has 84 heavy (non-hydrogen) atoms. The highest BCUT2D eigenvalue weighted by Crippen LogP contribution is 2.43. The summed E-state index contributed by atoms with van der Waals surface area (Å²) in [5.74, 6) is -0.809. The van der Waals surface area contributed by atoms with Crippen LogP contribution in [0.15, 0.2) is 72.9 Å². The van der Waals surface area contributed by atoms with Crippen LogP contribution in [0, 0.1) is 0 Å². The van der Waals surface area contributed by atoms with Gasteiger partial charge in [-0.05, 0) is 83.5 Å². The number of carbonyl (C=O) groups is 2. The molecular formula is C74H137NO8P+. The van der Waals surface area contributed by atoms with Gasteiger partial charge in [0.25, 0.3) is 0 Å². The van der Waals surface area contributed by atoms with Gasteiger partial charge >= 0.3 is 19.8 Å². The number of hydrogen-bond donors (Lipinski definition) is 1. The summed E-state index contributed by atoms with van der Waals surface area (Å²) in [6.07, 6.45) is 87.5. The van der Waals surface area contributed by atoms with E-state index in [2.05, 4.69) is 86.8 Å². The zero-order valence-electron chi connectivity index (χ0n) is 55.9. The van der Waals surface area contributed by atoms with E-state index in [9.17, 15) is 19.0 Å². The monoisotopic (exact) mass is 1200 g/mol. The van der Waals surface area contributed by atoms with Gasteiger partial charge in [0.15, 0.2) is 6.10 Å². The van der Waals surface area contributed by atoms with Gasteiger partial charge in [-0.15, -0.1) is 0 Å². The summed E-state index contributed by atoms with van der Waals surface area (Å²) < 4.78 is 34.7. The fourth-order valence-electron chi connectivity index (χ4n) is 10.3. The van der Waals surface area contributed by atoms with Crippen molar-refractivity contribution in [3.05, 3.63) is 72.9 Å². The Balaban J connectivity index is 3.93. The SMILES string of the molecule is CC/C=C\C/C=C\C/C=C\C/C=C\C/C=C\CCCCCCCC(=O)OC(COC(=O)CCCCCCCCCCCCCCCCCCCCCCCCCCCCC/C=C\CCCCCCCCCC)COP(=O)(O)OCC[N+](C)(C)C. The van der Waals surface area contributed by atoms with Crippen LogP contribution in [0.4, 0.5) is 0 Å². The summed E-state index contributed by atoms with van der Waals surface area (Å²) in [5.41, 5.74) is 0. The van der Waals surface area contributed by atoms with E-state index in [0.717, 1.165) is 83.5 Å². The molecule has 0 bridgehead atoms. The summed E-state index contributed by atoms with van der Waals surface area (Å²) in [6.45, 7) is 4.33. The van der Waals surface area contributed by atoms with Crippen molar-refractivity contribution >= 4 is 19.8 Å². The minimum absolute atomic E-state index is 0.0260. The maximum absolute atomic E-state index is 12.8. The molecule has 0 rings (SSSR count). The van der Waals surface area contributed by atoms with Gasteiger partial charge in [-0.3, -0.25) is 18.6 Å². The van der Waals surface area contributed by atoms with Crippen LogP contribution < -0.4 is 0 Å². The van der Waals surface area contributed by atoms with Gasteiger partial charge in [0.1, 0.15) is 19.8 Å². The number of allylic oxidation sites excluding steroid dienone is 12. The number of quaternary nitrogens is 1. The normalized spacial score (nSPS) is 13.5. The number of ether oxygens (including phenoxy) is 2. The first-order chi connectivity index (χ1) is 41.0. The number of esters is 2. The molecule has 2 unspecified atom stereocenters. The fraction of sp³-hybridized carbons (Fsp3) is 0.811. The van der Waals surface area contributed by atoms with E-state index in [-0.39, 0.29) is 32.0 Å². The molecule has 0 aliphatic rings. The third-order valence-electron chi connectivity index (χ3n) is 15.7. The average Bonchev–Trinajstić information content (AvgIpc) is 3.61. The summed E-state index contributed by atoms with van der Waals surface area (Å²) in [7, 11) is 1.47. The smallest absolute Gasteiger partial charge is 0.462 e. The molecule has 2 atom stereocenters. The van der Waals surface area contributed by atoms with Gasteiger partial charge in [-0.25, -0.2) is 4.57 Å². The number of phosphoric acid groups is 1. The molecule has 9 nitrogen and oxygen atoms in total. The minimum atomic E-state index is -4.40. The Hall–Kier alpha value is -2.55. The number of hydrogen-bond acceptors (Lipinski definition) is 7. The molecule has 0 aromatic rings. The number of unbranched alkanes of at least 4 members (excludes halogenated alkanes) is 40. The topological polar surface area (TPSA) is 108 Å². The van der Waals surface area contributed by atoms with Crippen LogP contribution >= 0.6 is 7.82 Å². The van der Waals surface area contributed by atoms with Gasteiger partial charge in [-0.1, -0.05) is 311 Å². The third kappa shape index (κ3) is 68.6. The number of likely N-dealkylation sites (N-methyl/N-ethyl adjacent to an activating group) is 1. The van der Waals surface area contributed by atoms with Crippen LogP contribution in [0.5, 0.6) is 0 Å². The molecule has 1 N–H and O–H groups in total. The molecule has 490 valence electrons. The minimum Gasteiger partial charge on any atom is -0.462 e. The Labute approximate surface area is 520 Å². The summed E-state index contributed by atoms with van der Waals surface area (Å²) >= 11 is 0. The highest BCUT2D eigenvalue weighted by molar-refractivity contribution is 7.47. The Kier molecular flexibility index (Phi) is 62.9. The highest BCUT2D eigenvalue weighted by atomic mass is 31.2. The van der Waals surface area contributed by atoms with E-state index in [1.165, 1.54) is 218 Å². The predicted molar refractivity (Wildman–Crippen MR) is 363 cm³/mol. The quantitative estimate of drug-likeness (QED) is 0.0211. The molecule has 0 aliphatic carbocycles. The number of carbonyl (C=O) groups excluding carboxylic acids is 2. The summed E-state index contributed by atoms with van der Waals surface area (Å²) in [6, 6.07) is 0. The van der Waals surface area contributed by atoms with E-state index in [1.54, 1.807) is 0 Å². The van der Waals surface area contributed by atoms with Crippen LogP contribution in [0.25, 0.3) is 0 Å². The van der Waals surface area contributed by atoms with Crippen LogP contribution in [-0.2, 0) is 32.7 Å². The molecule has 0 aliphatic heterocycles. The van der Waals surface area contributed by atoms with E-state index < -0.39 is 26.5 Å². The first-order valence-electron chi connectivity index (χ1n) is 35.7. The van der Waals surface area contributed by atoms with E-state index in [1.807, 2.05) is 21.1 Å². The molecule has 0 aromatic heterocycles. The zero-order chi connectivity index (χ0) is 61.2. The summed E-state index contributed by atoms with van der Waals surface area (Å²) in [4.78, 5) is 35.8. The molecule has 0 saturated heterocycles. The van der Waals surface area contributed by atoms with Crippen molar-refractivity contribution in [3.8, 4) is 0 Å². The van der Waals surface area contributed by atoms with Crippen molar-refractivity contribution in [2.45, 2.75) is 341 Å². The third-order valence-corrected chi connectivity index (χ3v) is 16.7. The maximum atomic E-state index is 12.8. The van der Waals surface area contributed by atoms with Crippen molar-refractivity contribution in [1.82, 2.24) is 0 Å². The van der Waals surface area contributed by atoms with Crippen molar-refractivity contribution < 1.29 is 42.1 Å². The number of phosphoric ester groups is 1. The Morgan fingerprint density at radius 1 is 0.381 bits per heavy atom. The van der Waals surface area contributed by atoms with E-state index >= 15 is 0 Å². The van der Waals surface area contributed by atoms with Gasteiger partial charge in [0.2, 0.25) is 0 Å². The molecule has 0 radical (unpaired) electrons. The number of rotatable bonds is 66. The molecule has 0 spiro atoms. The lowest BCUT2D eigenvalue weighted by molar-refractivity contribution is -0.870. The lowest BCUT2D eigenvalue weighted by Crippen LogP contribution is -2.37. The van der Waals surface area contributed by atoms with Gasteiger partial charge in [-0.2, -0.15) is 0 Å². The molecule has 0 heterocycles. The Morgan fingerprint density at radius 3 is 1.02 bits per heavy atom. The van der Waals surface area contributed by atoms with Crippen LogP contribution in [0.2, 0.25) is 0 Å². The zero-order valence-corrected chi connectivity index (χ0v) is 56.8. The Bertz CT molecular complexity index is 1650. The lowest BCUT2D eigenvalue weighted by Gasteiger charge is -2.24. The molecule has 0 aromatic carbocycles. The molecule has 0 saturated carbocycles. The van der Waals surface area contributed by atoms with E-state index in [4.69, 9.17) is 18.5 Å². The molecular weight excluding hydrogens is 1060 g/mol. The van der Waals surface area contributed by atoms with Crippen LogP contribution in [-0.4, -0.2) is 74.9 Å². The largest absolute Gasteiger partial charge is 0.472 e. The molecule has 10 heteroatoms. The van der Waals surface area contributed by atoms with Crippen molar-refractivity contribution in [2.75, 3.05) is 47.5 Å². The second-order valence-corrected chi connectivity index (χ2v) is 26.7. The summed E-state index contributed by atoms with van der Waals surface area (Å²) in [5, 5.41) is 0. The van der Waals surface area contributed by atoms with Gasteiger partial charge in [0, 0.05) is 12.8 Å². The molecule has 0 amide bonds. The maximum Gasteiger partial charge on any atom is 0.472 e. The van der Waals surface area contributed by atoms with Crippen LogP contribution in [0.3, 0.4) is 0 Å². The first kappa shape index (κ1) is 81.5. The van der Waals surface area contributed by atoms with Gasteiger partial charge in [0.05, 0.1) is 27.7 Å². The second-order valence-electron chi connectivity index (χ2n) is 25.2. The highest BCUT2D eigenvalue weighted by Gasteiger charge is 2.27. The fourth-order valence-corrected chi connectivity index (χ4v) is 11.0. The standard InChI is InChI=1S/C74H136NO8P/c1-6-8-10-12-14-16-18-20-22-24-26-28-29-30-31-32-33-34-35-36-37-38-39-40-41-42-43-44-45-47-48-50-52-54-56-58-60-62-64-66-73(76)80-70-72(71-82-84(78,79)81-69-68-75(3,4)5)83-74(77)67-65-63-61-59-57-55-53-51-49-46-27-25-23-21-19-17-15-13-11-9-7-2/h9,11,15,17,21,23-24,26-27,46,51,53,72H,6-8,10,12-14,16,18-20,22,25,28-45,47-50,52,54-71H2,1-5H3/p+1/b11-9-,17-15-,23-21-,26-24-,46-27-,53-51-. The van der Waals surface area contributed by atoms with Crippen LogP contribution in [0.1, 0.15) is 335 Å². The Morgan fingerprint density at radius 2 is 0.679 bits per heavy atom. The predicted octanol–water partition coefficient (Wildman–Crippen LogP) is 23.2. The van der Waals surface area contributed by atoms with Crippen molar-refractivity contribution in [2.24, 2.45) is 0 Å². The van der Waals surface area contributed by atoms with Crippen molar-refractivity contribution in [3.63, 3.8) is 0 Å².